The molecule has 0 heterocycles. The topological polar surface area (TPSA) is 132 Å². The third kappa shape index (κ3) is 22.8. The molecule has 0 saturated carbocycles. The quantitative estimate of drug-likeness (QED) is 0.580. The monoisotopic (exact) mass is 184 g/mol. The summed E-state index contributed by atoms with van der Waals surface area (Å²) in [5.41, 5.74) is 0. The number of hydrogen-bond acceptors (Lipinski definition) is 1. The second-order valence-corrected chi connectivity index (χ2v) is 2.20. The van der Waals surface area contributed by atoms with Gasteiger partial charge in [0, 0.05) is 6.42 Å². The molecule has 78 valence electrons. The second-order valence-electron chi connectivity index (χ2n) is 2.20. The van der Waals surface area contributed by atoms with Crippen molar-refractivity contribution in [3.63, 3.8) is 0 Å². The molecule has 0 unspecified atom stereocenters. The van der Waals surface area contributed by atoms with Crippen LogP contribution in [0.15, 0.2) is 0 Å². The van der Waals surface area contributed by atoms with E-state index in [-0.39, 0.29) is 16.4 Å². The Balaban J connectivity index is -0.000000107. The van der Waals surface area contributed by atoms with Crippen molar-refractivity contribution in [3.05, 3.63) is 0 Å². The lowest BCUT2D eigenvalue weighted by atomic mass is 10.2. The van der Waals surface area contributed by atoms with Gasteiger partial charge in [0.1, 0.15) is 0 Å². The van der Waals surface area contributed by atoms with Gasteiger partial charge in [-0.15, -0.1) is 0 Å². The summed E-state index contributed by atoms with van der Waals surface area (Å²) in [6, 6.07) is 0. The van der Waals surface area contributed by atoms with Crippen LogP contribution in [0.5, 0.6) is 0 Å². The molecule has 0 aliphatic carbocycles. The van der Waals surface area contributed by atoms with Gasteiger partial charge < -0.3 is 21.5 Å². The maximum Gasteiger partial charge on any atom is 0.303 e. The van der Waals surface area contributed by atoms with Gasteiger partial charge in [0.25, 0.3) is 0 Å². The number of hydrogen-bond donors (Lipinski definition) is 1. The van der Waals surface area contributed by atoms with Crippen molar-refractivity contribution in [1.82, 2.24) is 0 Å². The van der Waals surface area contributed by atoms with E-state index >= 15 is 0 Å². The molecule has 0 aromatic rings. The van der Waals surface area contributed by atoms with Gasteiger partial charge in [-0.05, 0) is 6.42 Å². The molecule has 0 aromatic heterocycles. The summed E-state index contributed by atoms with van der Waals surface area (Å²) in [5, 5.41) is 8.21. The minimum atomic E-state index is -0.675. The van der Waals surface area contributed by atoms with E-state index in [0.29, 0.717) is 6.42 Å². The molecule has 0 aromatic carbocycles. The highest BCUT2D eigenvalue weighted by molar-refractivity contribution is 5.66. The summed E-state index contributed by atoms with van der Waals surface area (Å²) in [7, 11) is 0. The minimum Gasteiger partial charge on any atom is -0.481 e. The van der Waals surface area contributed by atoms with Gasteiger partial charge in [-0.2, -0.15) is 0 Å². The second kappa shape index (κ2) is 16.7. The largest absolute Gasteiger partial charge is 0.481 e. The Kier molecular flexibility index (Phi) is 31.4. The molecule has 0 saturated heterocycles. The van der Waals surface area contributed by atoms with Crippen molar-refractivity contribution < 1.29 is 26.3 Å². The van der Waals surface area contributed by atoms with E-state index in [1.54, 1.807) is 0 Å². The molecule has 0 aliphatic rings. The van der Waals surface area contributed by atoms with Crippen LogP contribution < -0.4 is 0 Å². The first kappa shape index (κ1) is 22.5. The Morgan fingerprint density at radius 3 is 1.92 bits per heavy atom. The van der Waals surface area contributed by atoms with Crippen LogP contribution >= 0.6 is 0 Å². The first-order valence-electron chi connectivity index (χ1n) is 3.49. The summed E-state index contributed by atoms with van der Waals surface area (Å²) in [4.78, 5) is 9.96. The molecule has 12 heavy (non-hydrogen) atoms. The fourth-order valence-electron chi connectivity index (χ4n) is 0.703. The predicted molar refractivity (Wildman–Crippen MR) is 47.2 cm³/mol. The molecule has 0 radical (unpaired) electrons. The van der Waals surface area contributed by atoms with Crippen LogP contribution in [-0.2, 0) is 4.79 Å². The zero-order valence-electron chi connectivity index (χ0n) is 7.39. The van der Waals surface area contributed by atoms with Gasteiger partial charge in [-0.25, -0.2) is 0 Å². The lowest BCUT2D eigenvalue weighted by Gasteiger charge is -1.92. The van der Waals surface area contributed by atoms with Gasteiger partial charge in [0.15, 0.2) is 0 Å². The smallest absolute Gasteiger partial charge is 0.303 e. The van der Waals surface area contributed by atoms with Gasteiger partial charge in [0.05, 0.1) is 0 Å². The van der Waals surface area contributed by atoms with Crippen molar-refractivity contribution in [1.29, 1.82) is 0 Å². The van der Waals surface area contributed by atoms with Crippen LogP contribution in [0.2, 0.25) is 0 Å². The molecule has 0 rings (SSSR count). The maximum atomic E-state index is 9.96. The molecule has 0 amide bonds. The maximum absolute atomic E-state index is 9.96. The van der Waals surface area contributed by atoms with E-state index in [2.05, 4.69) is 6.92 Å². The third-order valence-electron chi connectivity index (χ3n) is 1.24. The highest BCUT2D eigenvalue weighted by Crippen LogP contribution is 2.01. The van der Waals surface area contributed by atoms with Gasteiger partial charge >= 0.3 is 5.97 Å². The zero-order chi connectivity index (χ0) is 7.11. The van der Waals surface area contributed by atoms with Crippen LogP contribution in [0.4, 0.5) is 0 Å². The van der Waals surface area contributed by atoms with Crippen molar-refractivity contribution in [2.24, 2.45) is 0 Å². The highest BCUT2D eigenvalue weighted by atomic mass is 16.4. The van der Waals surface area contributed by atoms with Crippen molar-refractivity contribution in [3.8, 4) is 0 Å². The Bertz CT molecular complexity index is 83.9. The average Bonchev–Trinajstić information content (AvgIpc) is 1.80. The highest BCUT2D eigenvalue weighted by Gasteiger charge is 1.93. The SMILES string of the molecule is CCCCCCC(=O)O.O.O.O. The first-order chi connectivity index (χ1) is 4.27. The molecule has 5 nitrogen and oxygen atoms in total. The minimum absolute atomic E-state index is 0. The summed E-state index contributed by atoms with van der Waals surface area (Å²) < 4.78 is 0. The Morgan fingerprint density at radius 2 is 1.58 bits per heavy atom. The van der Waals surface area contributed by atoms with Crippen molar-refractivity contribution in [2.75, 3.05) is 0 Å². The molecule has 5 heteroatoms. The normalized spacial score (nSPS) is 7.08. The number of unbranched alkanes of at least 4 members (excludes halogenated alkanes) is 3. The van der Waals surface area contributed by atoms with E-state index in [0.717, 1.165) is 19.3 Å². The lowest BCUT2D eigenvalue weighted by molar-refractivity contribution is -0.137. The summed E-state index contributed by atoms with van der Waals surface area (Å²) in [6.45, 7) is 2.11. The third-order valence-corrected chi connectivity index (χ3v) is 1.24. The van der Waals surface area contributed by atoms with Gasteiger partial charge in [-0.1, -0.05) is 26.2 Å². The van der Waals surface area contributed by atoms with Crippen molar-refractivity contribution in [2.45, 2.75) is 39.0 Å². The number of rotatable bonds is 5. The zero-order valence-corrected chi connectivity index (χ0v) is 7.39. The summed E-state index contributed by atoms with van der Waals surface area (Å²) in [6.07, 6.45) is 4.55. The average molecular weight is 184 g/mol. The summed E-state index contributed by atoms with van der Waals surface area (Å²) in [5.74, 6) is -0.675. The van der Waals surface area contributed by atoms with Gasteiger partial charge in [-0.3, -0.25) is 4.79 Å². The van der Waals surface area contributed by atoms with E-state index in [9.17, 15) is 4.79 Å². The van der Waals surface area contributed by atoms with E-state index in [1.165, 1.54) is 6.42 Å². The molecular formula is C7H20O5. The standard InChI is InChI=1S/C7H14O2.3H2O/c1-2-3-4-5-6-7(8)9;;;/h2-6H2,1H3,(H,8,9);3*1H2. The Labute approximate surface area is 72.3 Å². The molecule has 0 atom stereocenters. The molecule has 0 spiro atoms. The molecule has 0 aliphatic heterocycles. The lowest BCUT2D eigenvalue weighted by Crippen LogP contribution is -1.92. The number of carbonyl (C=O) groups is 1. The van der Waals surface area contributed by atoms with Crippen LogP contribution in [0, 0.1) is 0 Å². The van der Waals surface area contributed by atoms with E-state index in [1.807, 2.05) is 0 Å². The predicted octanol–water partition coefficient (Wildman–Crippen LogP) is -0.433. The van der Waals surface area contributed by atoms with Crippen LogP contribution in [0.1, 0.15) is 39.0 Å². The first-order valence-corrected chi connectivity index (χ1v) is 3.49. The van der Waals surface area contributed by atoms with E-state index in [4.69, 9.17) is 5.11 Å². The fraction of sp³-hybridized carbons (Fsp3) is 0.857. The van der Waals surface area contributed by atoms with Crippen LogP contribution in [0.25, 0.3) is 0 Å². The van der Waals surface area contributed by atoms with Crippen LogP contribution in [0.3, 0.4) is 0 Å². The molecule has 7 N–H and O–H groups in total. The Morgan fingerprint density at radius 1 is 1.08 bits per heavy atom. The Hall–Kier alpha value is -0.650. The number of aliphatic carboxylic acids is 1. The molecular weight excluding hydrogens is 164 g/mol. The van der Waals surface area contributed by atoms with E-state index < -0.39 is 5.97 Å². The van der Waals surface area contributed by atoms with Crippen LogP contribution in [-0.4, -0.2) is 27.5 Å². The number of carboxylic acid groups (broad SMARTS) is 1. The molecule has 0 fully saturated rings. The fourth-order valence-corrected chi connectivity index (χ4v) is 0.703. The van der Waals surface area contributed by atoms with Crippen molar-refractivity contribution >= 4 is 5.97 Å². The summed E-state index contributed by atoms with van der Waals surface area (Å²) >= 11 is 0. The molecule has 0 bridgehead atoms. The number of carboxylic acids is 1. The van der Waals surface area contributed by atoms with Gasteiger partial charge in [0.2, 0.25) is 0 Å².